The van der Waals surface area contributed by atoms with Crippen LogP contribution < -0.4 is 10.9 Å². The van der Waals surface area contributed by atoms with Gasteiger partial charge in [-0.15, -0.1) is 0 Å². The number of carbonyl (C=O) groups is 1. The summed E-state index contributed by atoms with van der Waals surface area (Å²) in [7, 11) is -6.80. The lowest BCUT2D eigenvalue weighted by molar-refractivity contribution is 0.0596. The number of hydrogen-bond donors (Lipinski definition) is 2. The van der Waals surface area contributed by atoms with Gasteiger partial charge in [-0.3, -0.25) is 0 Å². The summed E-state index contributed by atoms with van der Waals surface area (Å²) in [5.41, 5.74) is 5.21. The topological polar surface area (TPSA) is 147 Å². The highest BCUT2D eigenvalue weighted by Gasteiger charge is 2.24. The summed E-state index contributed by atoms with van der Waals surface area (Å²) in [6.07, 6.45) is 0.905. The van der Waals surface area contributed by atoms with Gasteiger partial charge in [-0.05, 0) is 17.7 Å². The van der Waals surface area contributed by atoms with Crippen LogP contribution in [-0.4, -0.2) is 36.2 Å². The quantitative estimate of drug-likeness (QED) is 0.684. The third kappa shape index (κ3) is 3.54. The van der Waals surface area contributed by atoms with Gasteiger partial charge in [-0.2, -0.15) is 0 Å². The molecule has 0 spiro atoms. The minimum absolute atomic E-state index is 0.00387. The van der Waals surface area contributed by atoms with Crippen molar-refractivity contribution in [2.75, 3.05) is 13.4 Å². The molecule has 1 unspecified atom stereocenters. The predicted octanol–water partition coefficient (Wildman–Crippen LogP) is -0.877. The van der Waals surface area contributed by atoms with Crippen molar-refractivity contribution in [2.24, 2.45) is 10.9 Å². The zero-order valence-corrected chi connectivity index (χ0v) is 12.4. The Bertz CT molecular complexity index is 739. The van der Waals surface area contributed by atoms with E-state index in [1.54, 1.807) is 0 Å². The molecule has 0 heterocycles. The Hall–Kier alpha value is -1.49. The SMILES string of the molecule is COC(=O)c1ccc(C(N)S(C)(=O)=O)cc1S(N)(=O)=O. The minimum atomic E-state index is -4.24. The maximum absolute atomic E-state index is 11.5. The molecule has 0 bridgehead atoms. The number of nitrogens with two attached hydrogens (primary N) is 2. The molecule has 0 fully saturated rings. The zero-order chi connectivity index (χ0) is 15.7. The van der Waals surface area contributed by atoms with E-state index in [1.165, 1.54) is 6.07 Å². The number of sulfone groups is 1. The molecule has 0 aliphatic rings. The molecule has 0 saturated carbocycles. The Morgan fingerprint density at radius 1 is 1.25 bits per heavy atom. The lowest BCUT2D eigenvalue weighted by atomic mass is 10.1. The Balaban J connectivity index is 3.56. The van der Waals surface area contributed by atoms with E-state index >= 15 is 0 Å². The van der Waals surface area contributed by atoms with Gasteiger partial charge in [0.1, 0.15) is 5.37 Å². The number of hydrogen-bond acceptors (Lipinski definition) is 7. The van der Waals surface area contributed by atoms with E-state index in [4.69, 9.17) is 10.9 Å². The normalized spacial score (nSPS) is 13.8. The summed E-state index contributed by atoms with van der Waals surface area (Å²) >= 11 is 0. The van der Waals surface area contributed by atoms with Crippen LogP contribution >= 0.6 is 0 Å². The highest BCUT2D eigenvalue weighted by atomic mass is 32.2. The molecule has 20 heavy (non-hydrogen) atoms. The van der Waals surface area contributed by atoms with Crippen LogP contribution in [0, 0.1) is 0 Å². The Kier molecular flexibility index (Phi) is 4.54. The van der Waals surface area contributed by atoms with Crippen molar-refractivity contribution < 1.29 is 26.4 Å². The fraction of sp³-hybridized carbons (Fsp3) is 0.300. The molecule has 0 aliphatic heterocycles. The zero-order valence-electron chi connectivity index (χ0n) is 10.7. The van der Waals surface area contributed by atoms with E-state index in [0.717, 1.165) is 25.5 Å². The standard InChI is InChI=1S/C10H14N2O6S2/c1-18-10(13)7-4-3-6(9(11)19(2,14)15)5-8(7)20(12,16)17/h3-5,9H,11H2,1-2H3,(H2,12,16,17). The van der Waals surface area contributed by atoms with Crippen molar-refractivity contribution in [3.63, 3.8) is 0 Å². The number of methoxy groups -OCH3 is 1. The highest BCUT2D eigenvalue weighted by Crippen LogP contribution is 2.23. The number of primary sulfonamides is 1. The molecule has 0 aromatic heterocycles. The van der Waals surface area contributed by atoms with E-state index in [2.05, 4.69) is 4.74 Å². The van der Waals surface area contributed by atoms with E-state index < -0.39 is 36.1 Å². The molecule has 10 heteroatoms. The number of carbonyl (C=O) groups excluding carboxylic acids is 1. The number of benzene rings is 1. The second kappa shape index (κ2) is 5.48. The lowest BCUT2D eigenvalue weighted by Gasteiger charge is -2.13. The van der Waals surface area contributed by atoms with Crippen molar-refractivity contribution in [1.29, 1.82) is 0 Å². The van der Waals surface area contributed by atoms with Gasteiger partial charge in [0.05, 0.1) is 17.6 Å². The van der Waals surface area contributed by atoms with Crippen LogP contribution in [0.15, 0.2) is 23.1 Å². The Morgan fingerprint density at radius 3 is 2.20 bits per heavy atom. The summed E-state index contributed by atoms with van der Waals surface area (Å²) < 4.78 is 50.1. The van der Waals surface area contributed by atoms with Gasteiger partial charge in [0, 0.05) is 6.26 Å². The molecule has 0 aliphatic carbocycles. The lowest BCUT2D eigenvalue weighted by Crippen LogP contribution is -2.23. The summed E-state index contributed by atoms with van der Waals surface area (Å²) in [6.45, 7) is 0. The maximum Gasteiger partial charge on any atom is 0.339 e. The second-order valence-corrected chi connectivity index (χ2v) is 7.74. The summed E-state index contributed by atoms with van der Waals surface area (Å²) in [5, 5.41) is 3.58. The van der Waals surface area contributed by atoms with E-state index in [-0.39, 0.29) is 11.1 Å². The van der Waals surface area contributed by atoms with Gasteiger partial charge >= 0.3 is 5.97 Å². The molecule has 1 atom stereocenters. The van der Waals surface area contributed by atoms with Gasteiger partial charge in [0.2, 0.25) is 10.0 Å². The third-order valence-electron chi connectivity index (χ3n) is 2.51. The number of rotatable bonds is 4. The van der Waals surface area contributed by atoms with Gasteiger partial charge in [0.15, 0.2) is 9.84 Å². The molecular formula is C10H14N2O6S2. The van der Waals surface area contributed by atoms with Crippen molar-refractivity contribution in [1.82, 2.24) is 0 Å². The average molecular weight is 322 g/mol. The van der Waals surface area contributed by atoms with Gasteiger partial charge in [0.25, 0.3) is 0 Å². The molecule has 8 nitrogen and oxygen atoms in total. The molecule has 112 valence electrons. The Morgan fingerprint density at radius 2 is 1.80 bits per heavy atom. The predicted molar refractivity (Wildman–Crippen MR) is 70.9 cm³/mol. The molecule has 0 saturated heterocycles. The first-order valence-electron chi connectivity index (χ1n) is 5.18. The fourth-order valence-electron chi connectivity index (χ4n) is 1.48. The van der Waals surface area contributed by atoms with Crippen molar-refractivity contribution in [3.05, 3.63) is 29.3 Å². The molecular weight excluding hydrogens is 308 g/mol. The van der Waals surface area contributed by atoms with Crippen LogP contribution in [0.1, 0.15) is 21.3 Å². The largest absolute Gasteiger partial charge is 0.465 e. The van der Waals surface area contributed by atoms with Crippen molar-refractivity contribution >= 4 is 25.8 Å². The summed E-state index contributed by atoms with van der Waals surface area (Å²) in [4.78, 5) is 10.9. The maximum atomic E-state index is 11.5. The van der Waals surface area contributed by atoms with Gasteiger partial charge in [-0.25, -0.2) is 26.8 Å². The molecule has 0 radical (unpaired) electrons. The number of esters is 1. The molecule has 1 aromatic carbocycles. The fourth-order valence-corrected chi connectivity index (χ4v) is 2.88. The first-order valence-corrected chi connectivity index (χ1v) is 8.68. The van der Waals surface area contributed by atoms with Crippen LogP contribution in [-0.2, 0) is 24.6 Å². The van der Waals surface area contributed by atoms with Gasteiger partial charge < -0.3 is 10.5 Å². The molecule has 1 rings (SSSR count). The van der Waals surface area contributed by atoms with E-state index in [1.807, 2.05) is 0 Å². The number of sulfonamides is 1. The number of ether oxygens (including phenoxy) is 1. The van der Waals surface area contributed by atoms with Crippen LogP contribution in [0.25, 0.3) is 0 Å². The smallest absolute Gasteiger partial charge is 0.339 e. The second-order valence-electron chi connectivity index (χ2n) is 4.04. The first kappa shape index (κ1) is 16.6. The van der Waals surface area contributed by atoms with E-state index in [0.29, 0.717) is 0 Å². The highest BCUT2D eigenvalue weighted by molar-refractivity contribution is 7.91. The molecule has 0 amide bonds. The third-order valence-corrected chi connectivity index (χ3v) is 4.65. The minimum Gasteiger partial charge on any atom is -0.465 e. The van der Waals surface area contributed by atoms with Crippen molar-refractivity contribution in [2.45, 2.75) is 10.3 Å². The van der Waals surface area contributed by atoms with Crippen LogP contribution in [0.2, 0.25) is 0 Å². The summed E-state index contributed by atoms with van der Waals surface area (Å²) in [6, 6.07) is 3.28. The molecule has 4 N–H and O–H groups in total. The molecule has 1 aromatic rings. The monoisotopic (exact) mass is 322 g/mol. The van der Waals surface area contributed by atoms with E-state index in [9.17, 15) is 21.6 Å². The Labute approximate surface area is 116 Å². The summed E-state index contributed by atoms with van der Waals surface area (Å²) in [5.74, 6) is -0.909. The van der Waals surface area contributed by atoms with Crippen LogP contribution in [0.3, 0.4) is 0 Å². The van der Waals surface area contributed by atoms with Crippen molar-refractivity contribution in [3.8, 4) is 0 Å². The van der Waals surface area contributed by atoms with Gasteiger partial charge in [-0.1, -0.05) is 6.07 Å². The van der Waals surface area contributed by atoms with Crippen LogP contribution in [0.4, 0.5) is 0 Å². The first-order chi connectivity index (χ1) is 8.98. The van der Waals surface area contributed by atoms with Crippen LogP contribution in [0.5, 0.6) is 0 Å². The average Bonchev–Trinajstić information content (AvgIpc) is 2.34.